The summed E-state index contributed by atoms with van der Waals surface area (Å²) in [6.45, 7) is 1.22. The minimum atomic E-state index is -0.514. The van der Waals surface area contributed by atoms with Crippen molar-refractivity contribution in [3.8, 4) is 11.5 Å². The Morgan fingerprint density at radius 2 is 1.77 bits per heavy atom. The standard InChI is InChI=1S/C23H23N3O5/c27-21-11-14(13-26(21)16-7-8-19-20(12-16)31-10-9-30-19)22(28)25-18-4-2-1-3-17(18)23(29)24-15-5-6-15/h1-4,7-8,12,14-15H,5-6,9-11,13H2,(H,24,29)(H,25,28)/t14-/m1/s1. The summed E-state index contributed by atoms with van der Waals surface area (Å²) >= 11 is 0. The number of rotatable bonds is 5. The Labute approximate surface area is 179 Å². The topological polar surface area (TPSA) is 97.0 Å². The van der Waals surface area contributed by atoms with E-state index in [-0.39, 0.29) is 36.7 Å². The predicted molar refractivity (Wildman–Crippen MR) is 113 cm³/mol. The Morgan fingerprint density at radius 1 is 1.00 bits per heavy atom. The Morgan fingerprint density at radius 3 is 2.58 bits per heavy atom. The maximum atomic E-state index is 12.9. The second-order valence-electron chi connectivity index (χ2n) is 8.02. The number of ether oxygens (including phenoxy) is 2. The van der Waals surface area contributed by atoms with Crippen LogP contribution in [-0.4, -0.2) is 43.5 Å². The van der Waals surface area contributed by atoms with Gasteiger partial charge in [0.15, 0.2) is 11.5 Å². The number of carbonyl (C=O) groups excluding carboxylic acids is 3. The first-order chi connectivity index (χ1) is 15.1. The molecule has 8 nitrogen and oxygen atoms in total. The summed E-state index contributed by atoms with van der Waals surface area (Å²) in [5.74, 6) is 0.132. The number of anilines is 2. The predicted octanol–water partition coefficient (Wildman–Crippen LogP) is 2.34. The van der Waals surface area contributed by atoms with Crippen molar-refractivity contribution < 1.29 is 23.9 Å². The molecule has 2 fully saturated rings. The number of benzene rings is 2. The van der Waals surface area contributed by atoms with Crippen molar-refractivity contribution in [2.75, 3.05) is 30.0 Å². The van der Waals surface area contributed by atoms with E-state index in [0.29, 0.717) is 41.7 Å². The van der Waals surface area contributed by atoms with Gasteiger partial charge in [0.25, 0.3) is 5.91 Å². The Balaban J connectivity index is 1.28. The molecule has 1 saturated heterocycles. The molecular weight excluding hydrogens is 398 g/mol. The number of carbonyl (C=O) groups is 3. The summed E-state index contributed by atoms with van der Waals surface area (Å²) < 4.78 is 11.1. The Kier molecular flexibility index (Phi) is 4.97. The molecule has 1 aliphatic carbocycles. The van der Waals surface area contributed by atoms with Gasteiger partial charge in [-0.2, -0.15) is 0 Å². The SMILES string of the molecule is O=C(NC1CC1)c1ccccc1NC(=O)[C@@H]1CC(=O)N(c2ccc3c(c2)OCCO3)C1. The van der Waals surface area contributed by atoms with Crippen LogP contribution in [-0.2, 0) is 9.59 Å². The van der Waals surface area contributed by atoms with Crippen LogP contribution < -0.4 is 25.0 Å². The van der Waals surface area contributed by atoms with Crippen molar-refractivity contribution in [1.82, 2.24) is 5.32 Å². The number of nitrogens with zero attached hydrogens (tertiary/aromatic N) is 1. The summed E-state index contributed by atoms with van der Waals surface area (Å²) in [5.41, 5.74) is 1.56. The lowest BCUT2D eigenvalue weighted by atomic mass is 10.1. The molecule has 160 valence electrons. The number of amides is 3. The summed E-state index contributed by atoms with van der Waals surface area (Å²) in [7, 11) is 0. The van der Waals surface area contributed by atoms with E-state index in [1.54, 1.807) is 47.4 Å². The van der Waals surface area contributed by atoms with Crippen LogP contribution in [0, 0.1) is 5.92 Å². The van der Waals surface area contributed by atoms with E-state index in [1.807, 2.05) is 0 Å². The summed E-state index contributed by atoms with van der Waals surface area (Å²) in [6, 6.07) is 12.5. The molecule has 2 heterocycles. The molecule has 5 rings (SSSR count). The average Bonchev–Trinajstić information content (AvgIpc) is 3.51. The zero-order chi connectivity index (χ0) is 21.4. The quantitative estimate of drug-likeness (QED) is 0.773. The minimum Gasteiger partial charge on any atom is -0.486 e. The zero-order valence-corrected chi connectivity index (χ0v) is 16.9. The highest BCUT2D eigenvalue weighted by atomic mass is 16.6. The second kappa shape index (κ2) is 7.94. The number of hydrogen-bond donors (Lipinski definition) is 2. The Hall–Kier alpha value is -3.55. The highest BCUT2D eigenvalue weighted by Gasteiger charge is 2.36. The first-order valence-corrected chi connectivity index (χ1v) is 10.5. The van der Waals surface area contributed by atoms with Crippen molar-refractivity contribution in [2.45, 2.75) is 25.3 Å². The third-order valence-electron chi connectivity index (χ3n) is 5.68. The molecule has 2 aromatic rings. The monoisotopic (exact) mass is 421 g/mol. The van der Waals surface area contributed by atoms with Gasteiger partial charge in [0.05, 0.1) is 17.2 Å². The van der Waals surface area contributed by atoms with Crippen molar-refractivity contribution in [3.05, 3.63) is 48.0 Å². The van der Waals surface area contributed by atoms with E-state index in [4.69, 9.17) is 9.47 Å². The molecule has 0 aromatic heterocycles. The third-order valence-corrected chi connectivity index (χ3v) is 5.68. The molecule has 0 spiro atoms. The molecule has 3 aliphatic rings. The number of fused-ring (bicyclic) bond motifs is 1. The first kappa shape index (κ1) is 19.4. The molecule has 2 N–H and O–H groups in total. The van der Waals surface area contributed by atoms with Crippen LogP contribution in [0.5, 0.6) is 11.5 Å². The summed E-state index contributed by atoms with van der Waals surface area (Å²) in [6.07, 6.45) is 2.08. The van der Waals surface area contributed by atoms with E-state index in [2.05, 4.69) is 10.6 Å². The Bertz CT molecular complexity index is 1050. The first-order valence-electron chi connectivity index (χ1n) is 10.5. The second-order valence-corrected chi connectivity index (χ2v) is 8.02. The van der Waals surface area contributed by atoms with E-state index in [0.717, 1.165) is 12.8 Å². The van der Waals surface area contributed by atoms with Crippen molar-refractivity contribution in [1.29, 1.82) is 0 Å². The molecule has 0 radical (unpaired) electrons. The van der Waals surface area contributed by atoms with Gasteiger partial charge in [-0.15, -0.1) is 0 Å². The molecule has 0 unspecified atom stereocenters. The van der Waals surface area contributed by atoms with Gasteiger partial charge in [-0.3, -0.25) is 14.4 Å². The third kappa shape index (κ3) is 4.05. The highest BCUT2D eigenvalue weighted by molar-refractivity contribution is 6.07. The van der Waals surface area contributed by atoms with Gasteiger partial charge in [0.2, 0.25) is 11.8 Å². The van der Waals surface area contributed by atoms with E-state index in [1.165, 1.54) is 0 Å². The van der Waals surface area contributed by atoms with Crippen molar-refractivity contribution >= 4 is 29.1 Å². The molecular formula is C23H23N3O5. The molecule has 8 heteroatoms. The maximum absolute atomic E-state index is 12.9. The number of nitrogens with one attached hydrogen (secondary N) is 2. The van der Waals surface area contributed by atoms with Crippen LogP contribution in [0.3, 0.4) is 0 Å². The van der Waals surface area contributed by atoms with E-state index < -0.39 is 5.92 Å². The minimum absolute atomic E-state index is 0.108. The van der Waals surface area contributed by atoms with Crippen LogP contribution in [0.4, 0.5) is 11.4 Å². The van der Waals surface area contributed by atoms with Gasteiger partial charge >= 0.3 is 0 Å². The van der Waals surface area contributed by atoms with Crippen LogP contribution >= 0.6 is 0 Å². The fourth-order valence-electron chi connectivity index (χ4n) is 3.85. The summed E-state index contributed by atoms with van der Waals surface area (Å²) in [5, 5.41) is 5.79. The van der Waals surface area contributed by atoms with Crippen LogP contribution in [0.15, 0.2) is 42.5 Å². The molecule has 1 atom stereocenters. The van der Waals surface area contributed by atoms with Gasteiger partial charge in [-0.05, 0) is 37.1 Å². The maximum Gasteiger partial charge on any atom is 0.253 e. The smallest absolute Gasteiger partial charge is 0.253 e. The normalized spacial score (nSPS) is 19.8. The van der Waals surface area contributed by atoms with Gasteiger partial charge < -0.3 is 25.0 Å². The molecule has 1 saturated carbocycles. The lowest BCUT2D eigenvalue weighted by Gasteiger charge is -2.22. The van der Waals surface area contributed by atoms with Crippen LogP contribution in [0.2, 0.25) is 0 Å². The van der Waals surface area contributed by atoms with Gasteiger partial charge in [0, 0.05) is 30.8 Å². The van der Waals surface area contributed by atoms with Crippen molar-refractivity contribution in [2.24, 2.45) is 5.92 Å². The average molecular weight is 421 g/mol. The van der Waals surface area contributed by atoms with Crippen LogP contribution in [0.1, 0.15) is 29.6 Å². The fourth-order valence-corrected chi connectivity index (χ4v) is 3.85. The van der Waals surface area contributed by atoms with E-state index in [9.17, 15) is 14.4 Å². The lowest BCUT2D eigenvalue weighted by molar-refractivity contribution is -0.122. The zero-order valence-electron chi connectivity index (χ0n) is 16.9. The molecule has 0 bridgehead atoms. The van der Waals surface area contributed by atoms with Gasteiger partial charge in [-0.1, -0.05) is 12.1 Å². The molecule has 3 amide bonds. The molecule has 2 aliphatic heterocycles. The van der Waals surface area contributed by atoms with Crippen molar-refractivity contribution in [3.63, 3.8) is 0 Å². The molecule has 2 aromatic carbocycles. The van der Waals surface area contributed by atoms with Gasteiger partial charge in [-0.25, -0.2) is 0 Å². The molecule has 31 heavy (non-hydrogen) atoms. The number of hydrogen-bond acceptors (Lipinski definition) is 5. The fraction of sp³-hybridized carbons (Fsp3) is 0.348. The largest absolute Gasteiger partial charge is 0.486 e. The summed E-state index contributed by atoms with van der Waals surface area (Å²) in [4.78, 5) is 39.6. The number of para-hydroxylation sites is 1. The van der Waals surface area contributed by atoms with E-state index >= 15 is 0 Å². The highest BCUT2D eigenvalue weighted by Crippen LogP contribution is 2.36. The lowest BCUT2D eigenvalue weighted by Crippen LogP contribution is -2.30. The van der Waals surface area contributed by atoms with Crippen LogP contribution in [0.25, 0.3) is 0 Å². The van der Waals surface area contributed by atoms with Gasteiger partial charge in [0.1, 0.15) is 13.2 Å².